The molecule has 1 heterocycles. The van der Waals surface area contributed by atoms with E-state index in [0.717, 1.165) is 22.9 Å². The van der Waals surface area contributed by atoms with E-state index in [-0.39, 0.29) is 0 Å². The molecule has 3 nitrogen and oxygen atoms in total. The van der Waals surface area contributed by atoms with Crippen LogP contribution in [0.2, 0.25) is 0 Å². The highest BCUT2D eigenvalue weighted by Crippen LogP contribution is 2.27. The predicted molar refractivity (Wildman–Crippen MR) is 83.2 cm³/mol. The van der Waals surface area contributed by atoms with Gasteiger partial charge in [0.25, 0.3) is 0 Å². The highest BCUT2D eigenvalue weighted by Gasteiger charge is 2.14. The molecule has 0 amide bonds. The van der Waals surface area contributed by atoms with Gasteiger partial charge < -0.3 is 10.1 Å². The molecule has 0 atom stereocenters. The molecule has 0 saturated heterocycles. The lowest BCUT2D eigenvalue weighted by atomic mass is 10.2. The molecule has 1 N–H and O–H groups in total. The Balaban J connectivity index is 1.62. The predicted octanol–water partition coefficient (Wildman–Crippen LogP) is 3.85. The smallest absolute Gasteiger partial charge is 0.123 e. The van der Waals surface area contributed by atoms with Gasteiger partial charge in [-0.3, -0.25) is 0 Å². The van der Waals surface area contributed by atoms with Crippen LogP contribution in [0.5, 0.6) is 5.75 Å². The second kappa shape index (κ2) is 6.37. The van der Waals surface area contributed by atoms with Crippen LogP contribution in [0.15, 0.2) is 30.5 Å². The summed E-state index contributed by atoms with van der Waals surface area (Å²) in [5.41, 5.74) is 1.16. The summed E-state index contributed by atoms with van der Waals surface area (Å²) in [6.45, 7) is 0.943. The van der Waals surface area contributed by atoms with E-state index in [2.05, 4.69) is 22.4 Å². The number of benzene rings is 1. The van der Waals surface area contributed by atoms with E-state index in [0.29, 0.717) is 6.04 Å². The van der Waals surface area contributed by atoms with Crippen LogP contribution in [0.3, 0.4) is 0 Å². The summed E-state index contributed by atoms with van der Waals surface area (Å²) in [6.07, 6.45) is 7.38. The number of nitrogens with zero attached hydrogens (tertiary/aromatic N) is 1. The molecule has 0 aliphatic heterocycles. The lowest BCUT2D eigenvalue weighted by Gasteiger charge is -2.09. The molecule has 1 aliphatic carbocycles. The normalized spacial score (nSPS) is 15.7. The van der Waals surface area contributed by atoms with Gasteiger partial charge in [0.2, 0.25) is 0 Å². The number of hydrogen-bond donors (Lipinski definition) is 1. The second-order valence-electron chi connectivity index (χ2n) is 5.22. The van der Waals surface area contributed by atoms with E-state index in [4.69, 9.17) is 4.74 Å². The molecule has 1 aliphatic rings. The number of hydrogen-bond acceptors (Lipinski definition) is 4. The van der Waals surface area contributed by atoms with E-state index in [1.165, 1.54) is 30.6 Å². The highest BCUT2D eigenvalue weighted by atomic mass is 32.1. The first kappa shape index (κ1) is 13.6. The number of methoxy groups -OCH3 is 1. The molecule has 3 rings (SSSR count). The Labute approximate surface area is 124 Å². The van der Waals surface area contributed by atoms with E-state index >= 15 is 0 Å². The number of thiazole rings is 1. The van der Waals surface area contributed by atoms with Crippen molar-refractivity contribution in [3.05, 3.63) is 35.3 Å². The van der Waals surface area contributed by atoms with E-state index in [1.54, 1.807) is 18.4 Å². The van der Waals surface area contributed by atoms with Crippen LogP contribution >= 0.6 is 11.3 Å². The molecule has 1 fully saturated rings. The van der Waals surface area contributed by atoms with Crippen molar-refractivity contribution in [1.29, 1.82) is 0 Å². The number of nitrogens with one attached hydrogen (secondary N) is 1. The van der Waals surface area contributed by atoms with Crippen molar-refractivity contribution in [2.75, 3.05) is 7.11 Å². The lowest BCUT2D eigenvalue weighted by molar-refractivity contribution is 0.415. The van der Waals surface area contributed by atoms with Gasteiger partial charge in [-0.05, 0) is 37.1 Å². The van der Waals surface area contributed by atoms with Crippen molar-refractivity contribution in [1.82, 2.24) is 10.3 Å². The van der Waals surface area contributed by atoms with Crippen LogP contribution in [0.1, 0.15) is 30.6 Å². The minimum absolute atomic E-state index is 0.710. The topological polar surface area (TPSA) is 34.1 Å². The van der Waals surface area contributed by atoms with Crippen molar-refractivity contribution in [3.63, 3.8) is 0 Å². The van der Waals surface area contributed by atoms with Crippen molar-refractivity contribution < 1.29 is 4.74 Å². The third-order valence-corrected chi connectivity index (χ3v) is 4.86. The third-order valence-electron chi connectivity index (χ3n) is 3.81. The fourth-order valence-corrected chi connectivity index (χ4v) is 3.50. The van der Waals surface area contributed by atoms with Crippen LogP contribution in [0.25, 0.3) is 10.6 Å². The summed E-state index contributed by atoms with van der Waals surface area (Å²) in [4.78, 5) is 5.83. The fraction of sp³-hybridized carbons (Fsp3) is 0.438. The number of ether oxygens (including phenoxy) is 1. The molecule has 0 radical (unpaired) electrons. The van der Waals surface area contributed by atoms with Crippen molar-refractivity contribution in [2.45, 2.75) is 38.3 Å². The molecule has 106 valence electrons. The van der Waals surface area contributed by atoms with E-state index < -0.39 is 0 Å². The minimum Gasteiger partial charge on any atom is -0.497 e. The molecule has 0 unspecified atom stereocenters. The summed E-state index contributed by atoms with van der Waals surface area (Å²) >= 11 is 1.77. The Kier molecular flexibility index (Phi) is 4.33. The zero-order chi connectivity index (χ0) is 13.8. The molecule has 2 aromatic rings. The van der Waals surface area contributed by atoms with Gasteiger partial charge in [0.1, 0.15) is 10.8 Å². The summed E-state index contributed by atoms with van der Waals surface area (Å²) in [5, 5.41) is 4.71. The van der Waals surface area contributed by atoms with Gasteiger partial charge in [0.05, 0.1) is 7.11 Å². The Morgan fingerprint density at radius 2 is 2.00 bits per heavy atom. The van der Waals surface area contributed by atoms with Crippen LogP contribution in [-0.4, -0.2) is 18.1 Å². The zero-order valence-corrected chi connectivity index (χ0v) is 12.6. The third kappa shape index (κ3) is 3.19. The Hall–Kier alpha value is -1.39. The molecule has 1 aromatic heterocycles. The molecule has 20 heavy (non-hydrogen) atoms. The molecule has 1 saturated carbocycles. The Morgan fingerprint density at radius 3 is 2.70 bits per heavy atom. The van der Waals surface area contributed by atoms with E-state index in [1.807, 2.05) is 18.3 Å². The largest absolute Gasteiger partial charge is 0.497 e. The van der Waals surface area contributed by atoms with Crippen LogP contribution in [0.4, 0.5) is 0 Å². The molecular weight excluding hydrogens is 268 g/mol. The molecule has 0 spiro atoms. The van der Waals surface area contributed by atoms with Crippen molar-refractivity contribution in [3.8, 4) is 16.3 Å². The summed E-state index contributed by atoms with van der Waals surface area (Å²) in [7, 11) is 1.69. The molecule has 4 heteroatoms. The van der Waals surface area contributed by atoms with Gasteiger partial charge in [-0.25, -0.2) is 4.98 Å². The van der Waals surface area contributed by atoms with Crippen LogP contribution in [-0.2, 0) is 6.54 Å². The Bertz CT molecular complexity index is 544. The van der Waals surface area contributed by atoms with Gasteiger partial charge in [-0.1, -0.05) is 12.8 Å². The first-order valence-corrected chi connectivity index (χ1v) is 7.99. The summed E-state index contributed by atoms with van der Waals surface area (Å²) in [6, 6.07) is 8.79. The lowest BCUT2D eigenvalue weighted by Crippen LogP contribution is -2.24. The highest BCUT2D eigenvalue weighted by molar-refractivity contribution is 7.15. The van der Waals surface area contributed by atoms with Gasteiger partial charge in [-0.15, -0.1) is 11.3 Å². The average Bonchev–Trinajstić information content (AvgIpc) is 3.17. The monoisotopic (exact) mass is 288 g/mol. The second-order valence-corrected chi connectivity index (χ2v) is 6.34. The standard InChI is InChI=1S/C16H20N2OS/c1-19-14-8-6-12(7-9-14)16-18-11-15(20-16)10-17-13-4-2-3-5-13/h6-9,11,13,17H,2-5,10H2,1H3. The Morgan fingerprint density at radius 1 is 1.25 bits per heavy atom. The molecule has 0 bridgehead atoms. The quantitative estimate of drug-likeness (QED) is 0.907. The van der Waals surface area contributed by atoms with Crippen molar-refractivity contribution >= 4 is 11.3 Å². The summed E-state index contributed by atoms with van der Waals surface area (Å²) in [5.74, 6) is 0.883. The maximum Gasteiger partial charge on any atom is 0.123 e. The molecule has 1 aromatic carbocycles. The van der Waals surface area contributed by atoms with Gasteiger partial charge >= 0.3 is 0 Å². The van der Waals surface area contributed by atoms with Gasteiger partial charge in [0.15, 0.2) is 0 Å². The molecular formula is C16H20N2OS. The first-order chi connectivity index (χ1) is 9.85. The fourth-order valence-electron chi connectivity index (χ4n) is 2.63. The first-order valence-electron chi connectivity index (χ1n) is 7.17. The number of rotatable bonds is 5. The van der Waals surface area contributed by atoms with Gasteiger partial charge in [0, 0.05) is 29.2 Å². The van der Waals surface area contributed by atoms with Gasteiger partial charge in [-0.2, -0.15) is 0 Å². The summed E-state index contributed by atoms with van der Waals surface area (Å²) < 4.78 is 5.18. The SMILES string of the molecule is COc1ccc(-c2ncc(CNC3CCCC3)s2)cc1. The maximum absolute atomic E-state index is 5.18. The average molecular weight is 288 g/mol. The number of aromatic nitrogens is 1. The zero-order valence-electron chi connectivity index (χ0n) is 11.8. The van der Waals surface area contributed by atoms with Crippen LogP contribution < -0.4 is 10.1 Å². The maximum atomic E-state index is 5.18. The van der Waals surface area contributed by atoms with E-state index in [9.17, 15) is 0 Å². The van der Waals surface area contributed by atoms with Crippen molar-refractivity contribution in [2.24, 2.45) is 0 Å². The minimum atomic E-state index is 0.710. The van der Waals surface area contributed by atoms with Crippen LogP contribution in [0, 0.1) is 0 Å².